The average molecular weight is 441 g/mol. The summed E-state index contributed by atoms with van der Waals surface area (Å²) in [7, 11) is 0. The van der Waals surface area contributed by atoms with Crippen LogP contribution < -0.4 is 5.32 Å². The number of piperidine rings is 1. The van der Waals surface area contributed by atoms with Crippen LogP contribution in [0.2, 0.25) is 5.02 Å². The van der Waals surface area contributed by atoms with Gasteiger partial charge in [0, 0.05) is 56.5 Å². The monoisotopic (exact) mass is 440 g/mol. The summed E-state index contributed by atoms with van der Waals surface area (Å²) in [6, 6.07) is 18.1. The van der Waals surface area contributed by atoms with Gasteiger partial charge >= 0.3 is 6.03 Å². The van der Waals surface area contributed by atoms with E-state index in [-0.39, 0.29) is 6.03 Å². The van der Waals surface area contributed by atoms with Gasteiger partial charge in [0.2, 0.25) is 0 Å². The Morgan fingerprint density at radius 1 is 0.968 bits per heavy atom. The van der Waals surface area contributed by atoms with Crippen LogP contribution in [0.5, 0.6) is 0 Å². The molecule has 2 aliphatic heterocycles. The molecule has 31 heavy (non-hydrogen) atoms. The number of likely N-dealkylation sites (tertiary alicyclic amines) is 1. The number of anilines is 1. The zero-order valence-electron chi connectivity index (χ0n) is 18.2. The predicted molar refractivity (Wildman–Crippen MR) is 128 cm³/mol. The fourth-order valence-corrected chi connectivity index (χ4v) is 4.89. The number of hydrogen-bond acceptors (Lipinski definition) is 3. The summed E-state index contributed by atoms with van der Waals surface area (Å²) >= 11 is 6.01. The maximum Gasteiger partial charge on any atom is 0.321 e. The Morgan fingerprint density at radius 2 is 1.77 bits per heavy atom. The van der Waals surface area contributed by atoms with Crippen LogP contribution in [0.4, 0.5) is 10.5 Å². The molecular weight excluding hydrogens is 408 g/mol. The van der Waals surface area contributed by atoms with Crippen LogP contribution in [0, 0.1) is 5.92 Å². The predicted octanol–water partition coefficient (Wildman–Crippen LogP) is 4.44. The number of carbonyl (C=O) groups is 1. The standard InChI is InChI=1S/C25H33ClN4O/c26-23-9-4-10-24(18-23)27-25(31)30-16-14-29(15-17-30)20-22-8-5-12-28(19-22)13-11-21-6-2-1-3-7-21/h1-4,6-7,9-10,18,22H,5,8,11-17,19-20H2,(H,27,31)/t22-/m1/s1. The lowest BCUT2D eigenvalue weighted by atomic mass is 9.96. The lowest BCUT2D eigenvalue weighted by Crippen LogP contribution is -2.52. The van der Waals surface area contributed by atoms with E-state index in [0.29, 0.717) is 5.02 Å². The lowest BCUT2D eigenvalue weighted by molar-refractivity contribution is 0.101. The molecule has 2 aromatic rings. The fourth-order valence-electron chi connectivity index (χ4n) is 4.70. The first-order valence-corrected chi connectivity index (χ1v) is 11.8. The minimum absolute atomic E-state index is 0.0355. The molecule has 166 valence electrons. The van der Waals surface area contributed by atoms with Crippen molar-refractivity contribution < 1.29 is 4.79 Å². The maximum absolute atomic E-state index is 12.6. The van der Waals surface area contributed by atoms with Crippen LogP contribution in [0.25, 0.3) is 0 Å². The highest BCUT2D eigenvalue weighted by Crippen LogP contribution is 2.20. The van der Waals surface area contributed by atoms with E-state index in [1.165, 1.54) is 31.5 Å². The molecule has 0 aliphatic carbocycles. The molecule has 5 nitrogen and oxygen atoms in total. The molecule has 2 fully saturated rings. The molecule has 2 aromatic carbocycles. The highest BCUT2D eigenvalue weighted by molar-refractivity contribution is 6.30. The molecule has 0 saturated carbocycles. The Hall–Kier alpha value is -2.08. The summed E-state index contributed by atoms with van der Waals surface area (Å²) in [5, 5.41) is 3.59. The van der Waals surface area contributed by atoms with Crippen molar-refractivity contribution in [2.45, 2.75) is 19.3 Å². The zero-order valence-corrected chi connectivity index (χ0v) is 18.9. The fraction of sp³-hybridized carbons (Fsp3) is 0.480. The Bertz CT molecular complexity index is 838. The highest BCUT2D eigenvalue weighted by atomic mass is 35.5. The van der Waals surface area contributed by atoms with Gasteiger partial charge in [0.15, 0.2) is 0 Å². The summed E-state index contributed by atoms with van der Waals surface area (Å²) in [6.07, 6.45) is 3.74. The van der Waals surface area contributed by atoms with E-state index in [1.807, 2.05) is 23.1 Å². The second-order valence-electron chi connectivity index (χ2n) is 8.77. The largest absolute Gasteiger partial charge is 0.322 e. The third kappa shape index (κ3) is 6.70. The van der Waals surface area contributed by atoms with Crippen LogP contribution in [0.3, 0.4) is 0 Å². The number of piperazine rings is 1. The topological polar surface area (TPSA) is 38.8 Å². The van der Waals surface area contributed by atoms with E-state index in [2.05, 4.69) is 45.4 Å². The van der Waals surface area contributed by atoms with Gasteiger partial charge in [-0.15, -0.1) is 0 Å². The number of halogens is 1. The summed E-state index contributed by atoms with van der Waals surface area (Å²) in [5.41, 5.74) is 2.18. The second kappa shape index (κ2) is 11.0. The molecule has 0 aromatic heterocycles. The summed E-state index contributed by atoms with van der Waals surface area (Å²) in [6.45, 7) is 8.16. The van der Waals surface area contributed by atoms with Gasteiger partial charge in [-0.2, -0.15) is 0 Å². The Balaban J connectivity index is 1.18. The molecule has 0 bridgehead atoms. The third-order valence-electron chi connectivity index (χ3n) is 6.41. The van der Waals surface area contributed by atoms with E-state index < -0.39 is 0 Å². The molecule has 2 heterocycles. The quantitative estimate of drug-likeness (QED) is 0.721. The molecule has 6 heteroatoms. The minimum atomic E-state index is -0.0355. The van der Waals surface area contributed by atoms with Crippen LogP contribution in [-0.2, 0) is 6.42 Å². The normalized spacial score (nSPS) is 20.5. The molecule has 2 saturated heterocycles. The second-order valence-corrected chi connectivity index (χ2v) is 9.21. The van der Waals surface area contributed by atoms with Gasteiger partial charge in [-0.05, 0) is 55.5 Å². The van der Waals surface area contributed by atoms with Gasteiger partial charge in [0.25, 0.3) is 0 Å². The minimum Gasteiger partial charge on any atom is -0.322 e. The summed E-state index contributed by atoms with van der Waals surface area (Å²) < 4.78 is 0. The number of carbonyl (C=O) groups excluding carboxylic acids is 1. The van der Waals surface area contributed by atoms with Crippen LogP contribution in [0.1, 0.15) is 18.4 Å². The number of nitrogens with one attached hydrogen (secondary N) is 1. The Morgan fingerprint density at radius 3 is 2.55 bits per heavy atom. The van der Waals surface area contributed by atoms with Crippen molar-refractivity contribution in [1.29, 1.82) is 0 Å². The first kappa shape index (κ1) is 22.1. The maximum atomic E-state index is 12.6. The number of rotatable bonds is 6. The molecule has 1 N–H and O–H groups in total. The number of nitrogens with zero attached hydrogens (tertiary/aromatic N) is 3. The van der Waals surface area contributed by atoms with Crippen LogP contribution in [-0.4, -0.2) is 73.1 Å². The van der Waals surface area contributed by atoms with Crippen molar-refractivity contribution in [3.05, 3.63) is 65.2 Å². The van der Waals surface area contributed by atoms with Crippen molar-refractivity contribution in [2.24, 2.45) is 5.92 Å². The van der Waals surface area contributed by atoms with Crippen molar-refractivity contribution in [1.82, 2.24) is 14.7 Å². The van der Waals surface area contributed by atoms with Crippen molar-refractivity contribution in [3.8, 4) is 0 Å². The molecule has 2 aliphatic rings. The molecule has 0 radical (unpaired) electrons. The smallest absolute Gasteiger partial charge is 0.321 e. The van der Waals surface area contributed by atoms with Crippen molar-refractivity contribution in [2.75, 3.05) is 57.7 Å². The molecule has 0 spiro atoms. The van der Waals surface area contributed by atoms with E-state index in [1.54, 1.807) is 6.07 Å². The van der Waals surface area contributed by atoms with Crippen molar-refractivity contribution in [3.63, 3.8) is 0 Å². The molecular formula is C25H33ClN4O. The number of amides is 2. The zero-order chi connectivity index (χ0) is 21.5. The Labute approximate surface area is 191 Å². The van der Waals surface area contributed by atoms with E-state index in [0.717, 1.165) is 57.3 Å². The van der Waals surface area contributed by atoms with Gasteiger partial charge in [-0.1, -0.05) is 48.0 Å². The molecule has 2 amide bonds. The molecule has 0 unspecified atom stereocenters. The van der Waals surface area contributed by atoms with Gasteiger partial charge < -0.3 is 15.1 Å². The SMILES string of the molecule is O=C(Nc1cccc(Cl)c1)N1CCN(C[C@@H]2CCCN(CCc3ccccc3)C2)CC1. The first-order chi connectivity index (χ1) is 15.2. The number of hydrogen-bond donors (Lipinski definition) is 1. The van der Waals surface area contributed by atoms with Gasteiger partial charge in [0.05, 0.1) is 0 Å². The summed E-state index contributed by atoms with van der Waals surface area (Å²) in [5.74, 6) is 0.733. The van der Waals surface area contributed by atoms with Gasteiger partial charge in [-0.25, -0.2) is 4.79 Å². The third-order valence-corrected chi connectivity index (χ3v) is 6.65. The van der Waals surface area contributed by atoms with Gasteiger partial charge in [0.1, 0.15) is 0 Å². The van der Waals surface area contributed by atoms with Crippen molar-refractivity contribution >= 4 is 23.3 Å². The highest BCUT2D eigenvalue weighted by Gasteiger charge is 2.26. The van der Waals surface area contributed by atoms with Crippen LogP contribution >= 0.6 is 11.6 Å². The number of urea groups is 1. The van der Waals surface area contributed by atoms with E-state index in [9.17, 15) is 4.79 Å². The van der Waals surface area contributed by atoms with E-state index >= 15 is 0 Å². The molecule has 1 atom stereocenters. The first-order valence-electron chi connectivity index (χ1n) is 11.5. The van der Waals surface area contributed by atoms with Gasteiger partial charge in [-0.3, -0.25) is 4.90 Å². The number of benzene rings is 2. The van der Waals surface area contributed by atoms with E-state index in [4.69, 9.17) is 11.6 Å². The molecule has 4 rings (SSSR count). The van der Waals surface area contributed by atoms with Crippen LogP contribution in [0.15, 0.2) is 54.6 Å². The Kier molecular flexibility index (Phi) is 7.84. The summed E-state index contributed by atoms with van der Waals surface area (Å²) in [4.78, 5) is 19.6. The lowest BCUT2D eigenvalue weighted by Gasteiger charge is -2.39. The average Bonchev–Trinajstić information content (AvgIpc) is 2.79.